The number of carboxylic acid groups (broad SMARTS) is 1. The van der Waals surface area contributed by atoms with Crippen LogP contribution >= 0.6 is 0 Å². The van der Waals surface area contributed by atoms with Crippen molar-refractivity contribution in [1.29, 1.82) is 0 Å². The molecule has 1 atom stereocenters. The second kappa shape index (κ2) is 9.32. The van der Waals surface area contributed by atoms with Gasteiger partial charge in [0.15, 0.2) is 11.5 Å². The summed E-state index contributed by atoms with van der Waals surface area (Å²) in [4.78, 5) is 23.4. The summed E-state index contributed by atoms with van der Waals surface area (Å²) in [7, 11) is 1.54. The number of aliphatic carboxylic acids is 1. The first-order valence-corrected chi connectivity index (χ1v) is 7.92. The molecule has 2 aromatic rings. The molecule has 0 aliphatic rings. The van der Waals surface area contributed by atoms with Gasteiger partial charge in [-0.15, -0.1) is 0 Å². The second-order valence-corrected chi connectivity index (χ2v) is 5.40. The molecule has 0 aromatic heterocycles. The fraction of sp³-hybridized carbons (Fsp3) is 0.263. The van der Waals surface area contributed by atoms with E-state index in [1.165, 1.54) is 7.11 Å². The quantitative estimate of drug-likeness (QED) is 0.730. The molecule has 6 heteroatoms. The van der Waals surface area contributed by atoms with E-state index in [1.807, 2.05) is 36.4 Å². The zero-order valence-electron chi connectivity index (χ0n) is 14.0. The third-order valence-corrected chi connectivity index (χ3v) is 3.57. The maximum Gasteiger partial charge on any atom is 0.326 e. The first-order valence-electron chi connectivity index (χ1n) is 7.92. The Morgan fingerprint density at radius 2 is 1.68 bits per heavy atom. The largest absolute Gasteiger partial charge is 0.493 e. The molecule has 0 saturated heterocycles. The molecule has 0 aliphatic heterocycles. The number of amides is 1. The van der Waals surface area contributed by atoms with Crippen LogP contribution in [0, 0.1) is 0 Å². The predicted octanol–water partition coefficient (Wildman–Crippen LogP) is 2.28. The molecule has 2 N–H and O–H groups in total. The van der Waals surface area contributed by atoms with Crippen LogP contribution in [0.1, 0.15) is 12.0 Å². The van der Waals surface area contributed by atoms with Crippen molar-refractivity contribution in [3.8, 4) is 11.5 Å². The fourth-order valence-corrected chi connectivity index (χ4v) is 2.31. The van der Waals surface area contributed by atoms with E-state index < -0.39 is 12.0 Å². The average molecular weight is 343 g/mol. The summed E-state index contributed by atoms with van der Waals surface area (Å²) in [5.74, 6) is -0.326. The number of hydrogen-bond acceptors (Lipinski definition) is 4. The SMILES string of the molecule is COc1ccccc1OCCC(=O)N[C@H](Cc1ccccc1)C(=O)O. The third kappa shape index (κ3) is 5.84. The highest BCUT2D eigenvalue weighted by atomic mass is 16.5. The maximum absolute atomic E-state index is 12.0. The van der Waals surface area contributed by atoms with E-state index in [1.54, 1.807) is 18.2 Å². The highest BCUT2D eigenvalue weighted by molar-refractivity contribution is 5.83. The number of benzene rings is 2. The summed E-state index contributed by atoms with van der Waals surface area (Å²) in [6.45, 7) is 0.129. The molecule has 0 aliphatic carbocycles. The van der Waals surface area contributed by atoms with Crippen molar-refractivity contribution in [3.05, 3.63) is 60.2 Å². The molecule has 0 heterocycles. The smallest absolute Gasteiger partial charge is 0.326 e. The van der Waals surface area contributed by atoms with Crippen molar-refractivity contribution in [2.45, 2.75) is 18.9 Å². The van der Waals surface area contributed by atoms with Crippen LogP contribution in [0.3, 0.4) is 0 Å². The minimum atomic E-state index is -1.07. The molecule has 1 amide bonds. The second-order valence-electron chi connectivity index (χ2n) is 5.40. The number of carboxylic acids is 1. The number of rotatable bonds is 9. The summed E-state index contributed by atoms with van der Waals surface area (Å²) in [6.07, 6.45) is 0.284. The Labute approximate surface area is 146 Å². The first kappa shape index (κ1) is 18.3. The van der Waals surface area contributed by atoms with E-state index in [-0.39, 0.29) is 25.4 Å². The van der Waals surface area contributed by atoms with Crippen molar-refractivity contribution in [3.63, 3.8) is 0 Å². The van der Waals surface area contributed by atoms with Crippen molar-refractivity contribution in [1.82, 2.24) is 5.32 Å². The summed E-state index contributed by atoms with van der Waals surface area (Å²) >= 11 is 0. The Kier molecular flexibility index (Phi) is 6.83. The average Bonchev–Trinajstić information content (AvgIpc) is 2.62. The Morgan fingerprint density at radius 3 is 2.32 bits per heavy atom. The topological polar surface area (TPSA) is 84.9 Å². The molecular formula is C19H21NO5. The molecule has 6 nitrogen and oxygen atoms in total. The zero-order valence-corrected chi connectivity index (χ0v) is 14.0. The normalized spacial score (nSPS) is 11.4. The van der Waals surface area contributed by atoms with Gasteiger partial charge in [0.1, 0.15) is 6.04 Å². The highest BCUT2D eigenvalue weighted by Crippen LogP contribution is 2.25. The molecule has 132 valence electrons. The summed E-state index contributed by atoms with van der Waals surface area (Å²) in [5.41, 5.74) is 0.848. The van der Waals surface area contributed by atoms with Gasteiger partial charge in [-0.1, -0.05) is 42.5 Å². The van der Waals surface area contributed by atoms with Crippen LogP contribution < -0.4 is 14.8 Å². The van der Waals surface area contributed by atoms with E-state index in [2.05, 4.69) is 5.32 Å². The molecule has 0 spiro atoms. The first-order chi connectivity index (χ1) is 12.1. The molecule has 0 radical (unpaired) electrons. The van der Waals surface area contributed by atoms with Crippen LogP contribution in [-0.2, 0) is 16.0 Å². The van der Waals surface area contributed by atoms with E-state index in [9.17, 15) is 14.7 Å². The Morgan fingerprint density at radius 1 is 1.04 bits per heavy atom. The van der Waals surface area contributed by atoms with Crippen molar-refractivity contribution < 1.29 is 24.2 Å². The van der Waals surface area contributed by atoms with E-state index >= 15 is 0 Å². The van der Waals surface area contributed by atoms with Gasteiger partial charge in [0.2, 0.25) is 5.91 Å². The van der Waals surface area contributed by atoms with Gasteiger partial charge in [-0.3, -0.25) is 4.79 Å². The summed E-state index contributed by atoms with van der Waals surface area (Å²) < 4.78 is 10.7. The maximum atomic E-state index is 12.0. The van der Waals surface area contributed by atoms with Gasteiger partial charge < -0.3 is 19.9 Å². The monoisotopic (exact) mass is 343 g/mol. The Balaban J connectivity index is 1.84. The van der Waals surface area contributed by atoms with Crippen LogP contribution in [0.15, 0.2) is 54.6 Å². The number of carbonyl (C=O) groups is 2. The lowest BCUT2D eigenvalue weighted by Crippen LogP contribution is -2.42. The van der Waals surface area contributed by atoms with E-state index in [0.29, 0.717) is 11.5 Å². The van der Waals surface area contributed by atoms with Gasteiger partial charge in [-0.2, -0.15) is 0 Å². The van der Waals surface area contributed by atoms with Crippen LogP contribution in [-0.4, -0.2) is 36.7 Å². The molecule has 0 bridgehead atoms. The number of hydrogen-bond donors (Lipinski definition) is 2. The molecule has 2 rings (SSSR count). The lowest BCUT2D eigenvalue weighted by molar-refractivity contribution is -0.141. The zero-order chi connectivity index (χ0) is 18.1. The van der Waals surface area contributed by atoms with E-state index in [0.717, 1.165) is 5.56 Å². The lowest BCUT2D eigenvalue weighted by Gasteiger charge is -2.15. The number of ether oxygens (including phenoxy) is 2. The van der Waals surface area contributed by atoms with Crippen molar-refractivity contribution >= 4 is 11.9 Å². The number of carbonyl (C=O) groups excluding carboxylic acids is 1. The minimum absolute atomic E-state index is 0.0522. The standard InChI is InChI=1S/C19H21NO5/c1-24-16-9-5-6-10-17(16)25-12-11-18(21)20-15(19(22)23)13-14-7-3-2-4-8-14/h2-10,15H,11-13H2,1H3,(H,20,21)(H,22,23)/t15-/m1/s1. The van der Waals surface area contributed by atoms with E-state index in [4.69, 9.17) is 9.47 Å². The number of methoxy groups -OCH3 is 1. The van der Waals surface area contributed by atoms with Gasteiger partial charge in [0, 0.05) is 6.42 Å². The highest BCUT2D eigenvalue weighted by Gasteiger charge is 2.20. The summed E-state index contributed by atoms with van der Waals surface area (Å²) in [6, 6.07) is 15.3. The fourth-order valence-electron chi connectivity index (χ4n) is 2.31. The Bertz CT molecular complexity index is 702. The Hall–Kier alpha value is -3.02. The number of para-hydroxylation sites is 2. The van der Waals surface area contributed by atoms with Crippen LogP contribution in [0.4, 0.5) is 0 Å². The van der Waals surface area contributed by atoms with Crippen LogP contribution in [0.2, 0.25) is 0 Å². The molecule has 25 heavy (non-hydrogen) atoms. The predicted molar refractivity (Wildman–Crippen MR) is 92.8 cm³/mol. The van der Waals surface area contributed by atoms with Gasteiger partial charge in [-0.05, 0) is 17.7 Å². The summed E-state index contributed by atoms with van der Waals surface area (Å²) in [5, 5.41) is 11.8. The van der Waals surface area contributed by atoms with Crippen LogP contribution in [0.25, 0.3) is 0 Å². The molecule has 0 fully saturated rings. The third-order valence-electron chi connectivity index (χ3n) is 3.57. The molecular weight excluding hydrogens is 322 g/mol. The van der Waals surface area contributed by atoms with Gasteiger partial charge in [0.25, 0.3) is 0 Å². The molecule has 0 unspecified atom stereocenters. The van der Waals surface area contributed by atoms with Gasteiger partial charge in [-0.25, -0.2) is 4.79 Å². The van der Waals surface area contributed by atoms with Crippen molar-refractivity contribution in [2.24, 2.45) is 0 Å². The number of nitrogens with one attached hydrogen (secondary N) is 1. The van der Waals surface area contributed by atoms with Crippen molar-refractivity contribution in [2.75, 3.05) is 13.7 Å². The molecule has 0 saturated carbocycles. The van der Waals surface area contributed by atoms with Crippen LogP contribution in [0.5, 0.6) is 11.5 Å². The van der Waals surface area contributed by atoms with Gasteiger partial charge in [0.05, 0.1) is 20.1 Å². The molecule has 2 aromatic carbocycles. The minimum Gasteiger partial charge on any atom is -0.493 e. The lowest BCUT2D eigenvalue weighted by atomic mass is 10.1. The van der Waals surface area contributed by atoms with Gasteiger partial charge >= 0.3 is 5.97 Å².